The van der Waals surface area contributed by atoms with Gasteiger partial charge in [0.2, 0.25) is 5.91 Å². The van der Waals surface area contributed by atoms with Crippen molar-refractivity contribution in [1.29, 1.82) is 0 Å². The van der Waals surface area contributed by atoms with Gasteiger partial charge >= 0.3 is 0 Å². The number of unbranched alkanes of at least 4 members (excludes halogenated alkanes) is 3. The third-order valence-electron chi connectivity index (χ3n) is 4.14. The van der Waals surface area contributed by atoms with Crippen molar-refractivity contribution >= 4 is 5.91 Å². The lowest BCUT2D eigenvalue weighted by molar-refractivity contribution is -0.123. The van der Waals surface area contributed by atoms with Gasteiger partial charge in [-0.05, 0) is 37.0 Å². The Kier molecular flexibility index (Phi) is 5.05. The Bertz CT molecular complexity index is 435. The maximum Gasteiger partial charge on any atom is 0.230 e. The van der Waals surface area contributed by atoms with Gasteiger partial charge in [0.15, 0.2) is 0 Å². The fourth-order valence-electron chi connectivity index (χ4n) is 2.60. The minimum atomic E-state index is -0.267. The summed E-state index contributed by atoms with van der Waals surface area (Å²) in [5, 5.41) is 3.10. The number of hydrogen-bond acceptors (Lipinski definition) is 2. The zero-order valence-corrected chi connectivity index (χ0v) is 12.6. The van der Waals surface area contributed by atoms with Gasteiger partial charge in [-0.3, -0.25) is 4.79 Å². The lowest BCUT2D eigenvalue weighted by Crippen LogP contribution is -2.35. The van der Waals surface area contributed by atoms with Crippen LogP contribution in [-0.4, -0.2) is 19.6 Å². The quantitative estimate of drug-likeness (QED) is 0.738. The molecule has 1 N–H and O–H groups in total. The van der Waals surface area contributed by atoms with Crippen molar-refractivity contribution in [3.8, 4) is 5.75 Å². The first kappa shape index (κ1) is 14.9. The zero-order valence-electron chi connectivity index (χ0n) is 12.6. The van der Waals surface area contributed by atoms with E-state index < -0.39 is 0 Å². The highest BCUT2D eigenvalue weighted by Gasteiger charge is 2.50. The van der Waals surface area contributed by atoms with Crippen molar-refractivity contribution in [3.63, 3.8) is 0 Å². The molecule has 1 fully saturated rings. The summed E-state index contributed by atoms with van der Waals surface area (Å²) in [5.74, 6) is 1.03. The molecule has 0 aromatic heterocycles. The van der Waals surface area contributed by atoms with Crippen LogP contribution in [0.3, 0.4) is 0 Å². The highest BCUT2D eigenvalue weighted by Crippen LogP contribution is 2.48. The van der Waals surface area contributed by atoms with E-state index in [-0.39, 0.29) is 11.3 Å². The molecule has 2 rings (SSSR count). The van der Waals surface area contributed by atoms with E-state index in [1.54, 1.807) is 7.11 Å². The van der Waals surface area contributed by atoms with Crippen molar-refractivity contribution in [2.24, 2.45) is 0 Å². The Balaban J connectivity index is 1.87. The van der Waals surface area contributed by atoms with Gasteiger partial charge in [0, 0.05) is 6.54 Å². The molecule has 1 aromatic rings. The molecule has 0 saturated heterocycles. The van der Waals surface area contributed by atoms with Crippen LogP contribution in [0.5, 0.6) is 5.75 Å². The molecule has 0 unspecified atom stereocenters. The fourth-order valence-corrected chi connectivity index (χ4v) is 2.60. The third kappa shape index (κ3) is 3.33. The standard InChI is InChI=1S/C17H25NO2/c1-3-4-5-6-13-18-16(19)17(11-12-17)14-7-9-15(20-2)10-8-14/h7-10H,3-6,11-13H2,1-2H3,(H,18,19). The van der Waals surface area contributed by atoms with Gasteiger partial charge in [-0.1, -0.05) is 38.3 Å². The van der Waals surface area contributed by atoms with Crippen molar-refractivity contribution in [2.45, 2.75) is 50.9 Å². The Labute approximate surface area is 121 Å². The highest BCUT2D eigenvalue weighted by atomic mass is 16.5. The molecule has 1 aliphatic carbocycles. The molecule has 0 spiro atoms. The second kappa shape index (κ2) is 6.78. The first-order valence-corrected chi connectivity index (χ1v) is 7.66. The van der Waals surface area contributed by atoms with Crippen LogP contribution in [0.25, 0.3) is 0 Å². The van der Waals surface area contributed by atoms with Gasteiger partial charge in [-0.25, -0.2) is 0 Å². The highest BCUT2D eigenvalue weighted by molar-refractivity contribution is 5.91. The molecule has 110 valence electrons. The maximum atomic E-state index is 12.4. The molecule has 1 aromatic carbocycles. The Morgan fingerprint density at radius 1 is 1.20 bits per heavy atom. The van der Waals surface area contributed by atoms with Crippen LogP contribution >= 0.6 is 0 Å². The minimum Gasteiger partial charge on any atom is -0.497 e. The molecule has 0 heterocycles. The molecule has 0 atom stereocenters. The van der Waals surface area contributed by atoms with Gasteiger partial charge in [-0.2, -0.15) is 0 Å². The minimum absolute atomic E-state index is 0.194. The van der Waals surface area contributed by atoms with Crippen molar-refractivity contribution in [2.75, 3.05) is 13.7 Å². The normalized spacial score (nSPS) is 15.7. The monoisotopic (exact) mass is 275 g/mol. The number of benzene rings is 1. The molecule has 3 heteroatoms. The molecule has 1 saturated carbocycles. The fraction of sp³-hybridized carbons (Fsp3) is 0.588. The van der Waals surface area contributed by atoms with Crippen molar-refractivity contribution in [1.82, 2.24) is 5.32 Å². The topological polar surface area (TPSA) is 38.3 Å². The summed E-state index contributed by atoms with van der Waals surface area (Å²) >= 11 is 0. The number of methoxy groups -OCH3 is 1. The van der Waals surface area contributed by atoms with Crippen LogP contribution in [0.15, 0.2) is 24.3 Å². The number of ether oxygens (including phenoxy) is 1. The smallest absolute Gasteiger partial charge is 0.230 e. The molecule has 3 nitrogen and oxygen atoms in total. The Morgan fingerprint density at radius 3 is 2.45 bits per heavy atom. The second-order valence-corrected chi connectivity index (χ2v) is 5.63. The molecule has 0 aliphatic heterocycles. The molecule has 1 amide bonds. The van der Waals surface area contributed by atoms with E-state index in [0.717, 1.165) is 37.1 Å². The van der Waals surface area contributed by atoms with Crippen molar-refractivity contribution < 1.29 is 9.53 Å². The van der Waals surface area contributed by atoms with Gasteiger partial charge in [-0.15, -0.1) is 0 Å². The van der Waals surface area contributed by atoms with E-state index in [1.165, 1.54) is 19.3 Å². The second-order valence-electron chi connectivity index (χ2n) is 5.63. The van der Waals surface area contributed by atoms with Crippen LogP contribution in [0, 0.1) is 0 Å². The first-order valence-electron chi connectivity index (χ1n) is 7.66. The molecule has 1 aliphatic rings. The Hall–Kier alpha value is -1.51. The van der Waals surface area contributed by atoms with Crippen LogP contribution in [0.2, 0.25) is 0 Å². The van der Waals surface area contributed by atoms with Crippen molar-refractivity contribution in [3.05, 3.63) is 29.8 Å². The predicted octanol–water partition coefficient (Wildman–Crippen LogP) is 3.42. The van der Waals surface area contributed by atoms with Gasteiger partial charge in [0.1, 0.15) is 5.75 Å². The first-order chi connectivity index (χ1) is 9.73. The lowest BCUT2D eigenvalue weighted by Gasteiger charge is -2.16. The van der Waals surface area contributed by atoms with Crippen LogP contribution in [0.4, 0.5) is 0 Å². The summed E-state index contributed by atoms with van der Waals surface area (Å²) in [6.45, 7) is 3.00. The summed E-state index contributed by atoms with van der Waals surface area (Å²) in [5.41, 5.74) is 0.848. The third-order valence-corrected chi connectivity index (χ3v) is 4.14. The summed E-state index contributed by atoms with van der Waals surface area (Å²) in [6.07, 6.45) is 6.67. The summed E-state index contributed by atoms with van der Waals surface area (Å²) in [7, 11) is 1.66. The van der Waals surface area contributed by atoms with Gasteiger partial charge in [0.25, 0.3) is 0 Å². The summed E-state index contributed by atoms with van der Waals surface area (Å²) in [6, 6.07) is 7.90. The summed E-state index contributed by atoms with van der Waals surface area (Å²) < 4.78 is 5.16. The van der Waals surface area contributed by atoms with Crippen LogP contribution in [0.1, 0.15) is 51.0 Å². The van der Waals surface area contributed by atoms with Gasteiger partial charge in [0.05, 0.1) is 12.5 Å². The van der Waals surface area contributed by atoms with E-state index >= 15 is 0 Å². The SMILES string of the molecule is CCCCCCNC(=O)C1(c2ccc(OC)cc2)CC1. The lowest BCUT2D eigenvalue weighted by atomic mass is 9.95. The average Bonchev–Trinajstić information content (AvgIpc) is 3.29. The maximum absolute atomic E-state index is 12.4. The Morgan fingerprint density at radius 2 is 1.90 bits per heavy atom. The number of carbonyl (C=O) groups is 1. The van der Waals surface area contributed by atoms with E-state index in [2.05, 4.69) is 12.2 Å². The van der Waals surface area contributed by atoms with E-state index in [0.29, 0.717) is 0 Å². The number of rotatable bonds is 8. The molecule has 0 radical (unpaired) electrons. The average molecular weight is 275 g/mol. The predicted molar refractivity (Wildman–Crippen MR) is 81.1 cm³/mol. The van der Waals surface area contributed by atoms with Crippen LogP contribution < -0.4 is 10.1 Å². The molecular weight excluding hydrogens is 250 g/mol. The number of amides is 1. The van der Waals surface area contributed by atoms with E-state index in [4.69, 9.17) is 4.74 Å². The van der Waals surface area contributed by atoms with E-state index in [9.17, 15) is 4.79 Å². The number of hydrogen-bond donors (Lipinski definition) is 1. The summed E-state index contributed by atoms with van der Waals surface area (Å²) in [4.78, 5) is 12.4. The molecule has 20 heavy (non-hydrogen) atoms. The molecular formula is C17H25NO2. The largest absolute Gasteiger partial charge is 0.497 e. The molecule has 0 bridgehead atoms. The van der Waals surface area contributed by atoms with Crippen LogP contribution in [-0.2, 0) is 10.2 Å². The number of nitrogens with one attached hydrogen (secondary N) is 1. The zero-order chi connectivity index (χ0) is 14.4. The van der Waals surface area contributed by atoms with Gasteiger partial charge < -0.3 is 10.1 Å². The number of carbonyl (C=O) groups excluding carboxylic acids is 1. The van der Waals surface area contributed by atoms with E-state index in [1.807, 2.05) is 24.3 Å².